The summed E-state index contributed by atoms with van der Waals surface area (Å²) < 4.78 is 55.5. The van der Waals surface area contributed by atoms with Crippen LogP contribution in [0.5, 0.6) is 5.75 Å². The van der Waals surface area contributed by atoms with Gasteiger partial charge in [-0.05, 0) is 30.3 Å². The minimum atomic E-state index is -4.63. The summed E-state index contributed by atoms with van der Waals surface area (Å²) in [7, 11) is 0. The van der Waals surface area contributed by atoms with E-state index in [1.807, 2.05) is 0 Å². The number of aliphatic hydroxyl groups excluding tert-OH is 1. The SMILES string of the molecule is Nc1nccc(-c2ccnc(N(CCO)c3cccc(OC(F)(F)C(F)F)c3)c2)n1. The first-order chi connectivity index (χ1) is 14.3. The Hall–Kier alpha value is -3.47. The van der Waals surface area contributed by atoms with E-state index < -0.39 is 18.3 Å². The Labute approximate surface area is 168 Å². The van der Waals surface area contributed by atoms with Crippen molar-refractivity contribution in [2.45, 2.75) is 12.5 Å². The van der Waals surface area contributed by atoms with E-state index in [2.05, 4.69) is 19.7 Å². The molecular formula is C19H17F4N5O2. The van der Waals surface area contributed by atoms with Crippen molar-refractivity contribution in [1.29, 1.82) is 0 Å². The molecule has 0 atom stereocenters. The summed E-state index contributed by atoms with van der Waals surface area (Å²) in [5.74, 6) is -0.0140. The Morgan fingerprint density at radius 2 is 1.87 bits per heavy atom. The highest BCUT2D eigenvalue weighted by Gasteiger charge is 2.44. The number of nitrogens with two attached hydrogens (primary N) is 1. The van der Waals surface area contributed by atoms with Gasteiger partial charge in [-0.2, -0.15) is 17.6 Å². The standard InChI is InChI=1S/C19H17F4N5O2/c20-17(21)19(22,23)30-14-3-1-2-13(11-14)28(8-9-29)16-10-12(4-6-25-16)15-5-7-26-18(24)27-15/h1-7,10-11,17,29H,8-9H2,(H2,24,26,27). The number of rotatable bonds is 8. The molecule has 0 bridgehead atoms. The molecule has 3 aromatic rings. The molecule has 0 saturated carbocycles. The predicted octanol–water partition coefficient (Wildman–Crippen LogP) is 3.49. The van der Waals surface area contributed by atoms with Crippen LogP contribution in [0.2, 0.25) is 0 Å². The van der Waals surface area contributed by atoms with E-state index in [9.17, 15) is 22.7 Å². The highest BCUT2D eigenvalue weighted by molar-refractivity contribution is 5.68. The number of nitrogens with zero attached hydrogens (tertiary/aromatic N) is 4. The molecule has 0 saturated heterocycles. The molecule has 0 fully saturated rings. The van der Waals surface area contributed by atoms with Crippen LogP contribution in [0.1, 0.15) is 0 Å². The first kappa shape index (κ1) is 21.2. The molecule has 1 aromatic carbocycles. The number of aliphatic hydroxyl groups is 1. The van der Waals surface area contributed by atoms with Gasteiger partial charge in [0.2, 0.25) is 5.95 Å². The third kappa shape index (κ3) is 4.92. The van der Waals surface area contributed by atoms with Gasteiger partial charge in [-0.15, -0.1) is 0 Å². The largest absolute Gasteiger partial charge is 0.461 e. The Morgan fingerprint density at radius 1 is 1.10 bits per heavy atom. The molecule has 0 aliphatic carbocycles. The van der Waals surface area contributed by atoms with E-state index in [1.54, 1.807) is 24.3 Å². The average molecular weight is 423 g/mol. The van der Waals surface area contributed by atoms with Crippen molar-refractivity contribution in [3.63, 3.8) is 0 Å². The van der Waals surface area contributed by atoms with Crippen molar-refractivity contribution >= 4 is 17.5 Å². The number of pyridine rings is 1. The third-order valence-corrected chi connectivity index (χ3v) is 3.95. The van der Waals surface area contributed by atoms with Crippen LogP contribution < -0.4 is 15.4 Å². The maximum Gasteiger partial charge on any atom is 0.461 e. The van der Waals surface area contributed by atoms with E-state index in [0.717, 1.165) is 12.1 Å². The van der Waals surface area contributed by atoms with Gasteiger partial charge in [0.05, 0.1) is 12.3 Å². The van der Waals surface area contributed by atoms with Gasteiger partial charge in [-0.25, -0.2) is 15.0 Å². The Balaban J connectivity index is 1.95. The van der Waals surface area contributed by atoms with Gasteiger partial charge in [0, 0.05) is 36.3 Å². The van der Waals surface area contributed by atoms with Crippen molar-refractivity contribution in [1.82, 2.24) is 15.0 Å². The minimum Gasteiger partial charge on any atom is -0.428 e. The zero-order chi connectivity index (χ0) is 21.7. The molecule has 0 unspecified atom stereocenters. The van der Waals surface area contributed by atoms with Gasteiger partial charge in [0.15, 0.2) is 0 Å². The second kappa shape index (κ2) is 8.91. The van der Waals surface area contributed by atoms with Gasteiger partial charge >= 0.3 is 12.5 Å². The molecule has 2 aromatic heterocycles. The van der Waals surface area contributed by atoms with Crippen molar-refractivity contribution in [3.05, 3.63) is 54.9 Å². The fraction of sp³-hybridized carbons (Fsp3) is 0.211. The molecule has 11 heteroatoms. The predicted molar refractivity (Wildman–Crippen MR) is 102 cm³/mol. The van der Waals surface area contributed by atoms with Crippen LogP contribution in [0.4, 0.5) is 35.0 Å². The van der Waals surface area contributed by atoms with E-state index >= 15 is 0 Å². The Bertz CT molecular complexity index is 1010. The number of aromatic nitrogens is 3. The number of halogens is 4. The van der Waals surface area contributed by atoms with Crippen molar-refractivity contribution < 1.29 is 27.4 Å². The number of benzene rings is 1. The third-order valence-electron chi connectivity index (χ3n) is 3.95. The van der Waals surface area contributed by atoms with Crippen molar-refractivity contribution in [2.24, 2.45) is 0 Å². The van der Waals surface area contributed by atoms with Crippen LogP contribution in [-0.2, 0) is 0 Å². The number of nitrogen functional groups attached to an aromatic ring is 1. The smallest absolute Gasteiger partial charge is 0.428 e. The molecule has 0 aliphatic rings. The van der Waals surface area contributed by atoms with Gasteiger partial charge in [0.25, 0.3) is 0 Å². The highest BCUT2D eigenvalue weighted by Crippen LogP contribution is 2.32. The van der Waals surface area contributed by atoms with Crippen molar-refractivity contribution in [3.8, 4) is 17.0 Å². The molecule has 2 heterocycles. The maximum absolute atomic E-state index is 13.2. The van der Waals surface area contributed by atoms with Crippen LogP contribution in [-0.4, -0.2) is 45.7 Å². The second-order valence-electron chi connectivity index (χ2n) is 6.04. The lowest BCUT2D eigenvalue weighted by molar-refractivity contribution is -0.253. The van der Waals surface area contributed by atoms with Gasteiger partial charge in [-0.1, -0.05) is 6.07 Å². The molecule has 0 spiro atoms. The first-order valence-electron chi connectivity index (χ1n) is 8.68. The fourth-order valence-electron chi connectivity index (χ4n) is 2.65. The molecule has 30 heavy (non-hydrogen) atoms. The average Bonchev–Trinajstić information content (AvgIpc) is 2.72. The zero-order valence-corrected chi connectivity index (χ0v) is 15.4. The molecular weight excluding hydrogens is 406 g/mol. The highest BCUT2D eigenvalue weighted by atomic mass is 19.3. The summed E-state index contributed by atoms with van der Waals surface area (Å²) in [6.07, 6.45) is -5.62. The molecule has 3 N–H and O–H groups in total. The van der Waals surface area contributed by atoms with Crippen LogP contribution >= 0.6 is 0 Å². The molecule has 3 rings (SSSR count). The molecule has 0 amide bonds. The molecule has 7 nitrogen and oxygen atoms in total. The van der Waals surface area contributed by atoms with E-state index in [-0.39, 0.29) is 19.1 Å². The van der Waals surface area contributed by atoms with Crippen LogP contribution in [0.3, 0.4) is 0 Å². The van der Waals surface area contributed by atoms with Crippen LogP contribution in [0.25, 0.3) is 11.3 Å². The fourth-order valence-corrected chi connectivity index (χ4v) is 2.65. The maximum atomic E-state index is 13.2. The molecule has 0 radical (unpaired) electrons. The number of hydrogen-bond donors (Lipinski definition) is 2. The monoisotopic (exact) mass is 423 g/mol. The number of ether oxygens (including phenoxy) is 1. The van der Waals surface area contributed by atoms with E-state index in [1.165, 1.54) is 23.4 Å². The summed E-state index contributed by atoms with van der Waals surface area (Å²) in [6.45, 7) is -0.234. The normalized spacial score (nSPS) is 11.5. The number of anilines is 3. The molecule has 0 aliphatic heterocycles. The lowest BCUT2D eigenvalue weighted by atomic mass is 10.1. The Morgan fingerprint density at radius 3 is 2.57 bits per heavy atom. The number of alkyl halides is 4. The second-order valence-corrected chi connectivity index (χ2v) is 6.04. The summed E-state index contributed by atoms with van der Waals surface area (Å²) in [6, 6.07) is 10.2. The lowest BCUT2D eigenvalue weighted by Gasteiger charge is -2.24. The van der Waals surface area contributed by atoms with E-state index in [4.69, 9.17) is 5.73 Å². The van der Waals surface area contributed by atoms with Gasteiger partial charge in [0.1, 0.15) is 11.6 Å². The summed E-state index contributed by atoms with van der Waals surface area (Å²) >= 11 is 0. The minimum absolute atomic E-state index is 0.0526. The zero-order valence-electron chi connectivity index (χ0n) is 15.4. The van der Waals surface area contributed by atoms with E-state index in [0.29, 0.717) is 22.8 Å². The summed E-state index contributed by atoms with van der Waals surface area (Å²) in [5, 5.41) is 9.45. The van der Waals surface area contributed by atoms with Gasteiger partial charge in [-0.3, -0.25) is 0 Å². The van der Waals surface area contributed by atoms with Crippen LogP contribution in [0, 0.1) is 0 Å². The van der Waals surface area contributed by atoms with Gasteiger partial charge < -0.3 is 20.5 Å². The Kier molecular flexibility index (Phi) is 6.31. The summed E-state index contributed by atoms with van der Waals surface area (Å²) in [5.41, 5.74) is 7.09. The molecule has 158 valence electrons. The number of hydrogen-bond acceptors (Lipinski definition) is 7. The first-order valence-corrected chi connectivity index (χ1v) is 8.68. The summed E-state index contributed by atoms with van der Waals surface area (Å²) in [4.78, 5) is 13.7. The lowest BCUT2D eigenvalue weighted by Crippen LogP contribution is -2.33. The van der Waals surface area contributed by atoms with Crippen LogP contribution in [0.15, 0.2) is 54.9 Å². The van der Waals surface area contributed by atoms with Crippen molar-refractivity contribution in [2.75, 3.05) is 23.8 Å². The topological polar surface area (TPSA) is 97.4 Å². The quantitative estimate of drug-likeness (QED) is 0.536.